The highest BCUT2D eigenvalue weighted by molar-refractivity contribution is 7.19. The topological polar surface area (TPSA) is 0 Å². The zero-order valence-electron chi connectivity index (χ0n) is 23.8. The maximum absolute atomic E-state index is 2.45. The monoisotopic (exact) mass is 504 g/mol. The number of aryl methyl sites for hydroxylation is 8. The first-order chi connectivity index (χ1) is 17.0. The number of benzene rings is 4. The third-order valence-electron chi connectivity index (χ3n) is 7.85. The van der Waals surface area contributed by atoms with Gasteiger partial charge in [-0.25, -0.2) is 0 Å². The molecule has 0 aromatic heterocycles. The Balaban J connectivity index is 2.35. The largest absolute Gasteiger partial charge is 0.0700 e. The molecule has 36 heavy (non-hydrogen) atoms. The summed E-state index contributed by atoms with van der Waals surface area (Å²) in [6, 6.07) is 23.7. The summed E-state index contributed by atoms with van der Waals surface area (Å²) in [6.07, 6.45) is 0. The lowest BCUT2D eigenvalue weighted by Gasteiger charge is -2.25. The van der Waals surface area contributed by atoms with Gasteiger partial charge in [-0.05, 0) is 134 Å². The lowest BCUT2D eigenvalue weighted by molar-refractivity contribution is 1.34. The molecular formula is C34H40Si2. The number of rotatable bonds is 4. The van der Waals surface area contributed by atoms with Crippen molar-refractivity contribution < 1.29 is 0 Å². The summed E-state index contributed by atoms with van der Waals surface area (Å²) >= 11 is 0. The van der Waals surface area contributed by atoms with Crippen LogP contribution in [0.3, 0.4) is 0 Å². The lowest BCUT2D eigenvalue weighted by Crippen LogP contribution is -2.55. The lowest BCUT2D eigenvalue weighted by atomic mass is 10.1. The van der Waals surface area contributed by atoms with Gasteiger partial charge in [-0.3, -0.25) is 0 Å². The van der Waals surface area contributed by atoms with Gasteiger partial charge in [0.05, 0.1) is 15.8 Å². The van der Waals surface area contributed by atoms with Crippen molar-refractivity contribution in [3.8, 4) is 0 Å². The van der Waals surface area contributed by atoms with Gasteiger partial charge in [0.1, 0.15) is 0 Å². The highest BCUT2D eigenvalue weighted by Gasteiger charge is 2.25. The number of hydrogen-bond acceptors (Lipinski definition) is 0. The molecule has 0 amide bonds. The van der Waals surface area contributed by atoms with Gasteiger partial charge in [0.2, 0.25) is 0 Å². The van der Waals surface area contributed by atoms with Gasteiger partial charge in [0.25, 0.3) is 0 Å². The highest BCUT2D eigenvalue weighted by Crippen LogP contribution is 2.13. The quantitative estimate of drug-likeness (QED) is 0.310. The van der Waals surface area contributed by atoms with Gasteiger partial charge in [-0.15, -0.1) is 0 Å². The first-order valence-electron chi connectivity index (χ1n) is 13.0. The summed E-state index contributed by atoms with van der Waals surface area (Å²) in [5.74, 6) is 0. The van der Waals surface area contributed by atoms with Crippen LogP contribution in [0.4, 0.5) is 0 Å². The Morgan fingerprint density at radius 1 is 0.389 bits per heavy atom. The Morgan fingerprint density at radius 2 is 0.722 bits per heavy atom. The van der Waals surface area contributed by atoms with Gasteiger partial charge in [-0.2, -0.15) is 0 Å². The van der Waals surface area contributed by atoms with E-state index < -0.39 is 15.8 Å². The maximum atomic E-state index is 2.45. The summed E-state index contributed by atoms with van der Waals surface area (Å²) in [7, 11) is -2.33. The van der Waals surface area contributed by atoms with E-state index in [1.807, 2.05) is 0 Å². The van der Waals surface area contributed by atoms with E-state index in [4.69, 9.17) is 0 Å². The van der Waals surface area contributed by atoms with Gasteiger partial charge in [0, 0.05) is 0 Å². The molecule has 0 heterocycles. The van der Waals surface area contributed by atoms with Crippen molar-refractivity contribution in [1.29, 1.82) is 0 Å². The van der Waals surface area contributed by atoms with Crippen LogP contribution in [0.2, 0.25) is 0 Å². The molecule has 4 aromatic carbocycles. The van der Waals surface area contributed by atoms with Crippen LogP contribution in [0, 0.1) is 69.2 Å². The molecule has 0 N–H and O–H groups in total. The van der Waals surface area contributed by atoms with Crippen molar-refractivity contribution in [2.45, 2.75) is 69.2 Å². The van der Waals surface area contributed by atoms with Gasteiger partial charge in [0.15, 0.2) is 0 Å². The zero-order chi connectivity index (χ0) is 26.3. The molecule has 0 unspecified atom stereocenters. The van der Waals surface area contributed by atoms with Crippen LogP contribution in [0.5, 0.6) is 0 Å². The Kier molecular flexibility index (Phi) is 7.59. The summed E-state index contributed by atoms with van der Waals surface area (Å²) in [5.41, 5.74) is 14.3. The fourth-order valence-corrected chi connectivity index (χ4v) is 18.2. The first-order valence-corrected chi connectivity index (χ1v) is 17.0. The van der Waals surface area contributed by atoms with Crippen molar-refractivity contribution >= 4 is 36.5 Å². The summed E-state index contributed by atoms with van der Waals surface area (Å²) in [6.45, 7) is 23.1. The molecule has 0 aliphatic rings. The fraction of sp³-hybridized carbons (Fsp3) is 0.294. The average molecular weight is 505 g/mol. The molecule has 4 aromatic rings. The predicted octanol–water partition coefficient (Wildman–Crippen LogP) is 5.77. The van der Waals surface area contributed by atoms with E-state index in [1.165, 1.54) is 55.6 Å². The van der Waals surface area contributed by atoms with Crippen molar-refractivity contribution in [3.05, 3.63) is 116 Å². The normalized spacial score (nSPS) is 11.1. The van der Waals surface area contributed by atoms with Crippen LogP contribution >= 0.6 is 0 Å². The smallest absolute Gasteiger partial charge is 0.0618 e. The second-order valence-electron chi connectivity index (χ2n) is 10.8. The van der Waals surface area contributed by atoms with Gasteiger partial charge < -0.3 is 0 Å². The third kappa shape index (κ3) is 4.81. The van der Waals surface area contributed by atoms with Crippen molar-refractivity contribution in [2.75, 3.05) is 0 Å². The maximum Gasteiger partial charge on any atom is 0.0700 e. The molecule has 0 radical (unpaired) electrons. The van der Waals surface area contributed by atoms with Crippen LogP contribution in [0.15, 0.2) is 60.7 Å². The molecule has 0 spiro atoms. The molecule has 0 saturated carbocycles. The molecule has 0 aliphatic heterocycles. The zero-order valence-corrected chi connectivity index (χ0v) is 25.8. The van der Waals surface area contributed by atoms with E-state index in [2.05, 4.69) is 130 Å². The predicted molar refractivity (Wildman–Crippen MR) is 163 cm³/mol. The van der Waals surface area contributed by atoms with E-state index in [0.717, 1.165) is 0 Å². The van der Waals surface area contributed by atoms with Crippen LogP contribution < -0.4 is 20.7 Å². The minimum atomic E-state index is -1.17. The third-order valence-corrected chi connectivity index (χ3v) is 17.7. The van der Waals surface area contributed by atoms with E-state index in [9.17, 15) is 0 Å². The minimum absolute atomic E-state index is 1.16. The van der Waals surface area contributed by atoms with Crippen LogP contribution in [-0.4, -0.2) is 15.8 Å². The Morgan fingerprint density at radius 3 is 1.06 bits per heavy atom. The Hall–Kier alpha value is -2.69. The minimum Gasteiger partial charge on any atom is -0.0618 e. The molecular weight excluding hydrogens is 465 g/mol. The highest BCUT2D eigenvalue weighted by atomic mass is 28.9. The van der Waals surface area contributed by atoms with Gasteiger partial charge in [-0.1, -0.05) is 71.8 Å². The van der Waals surface area contributed by atoms with Crippen LogP contribution in [-0.2, 0) is 0 Å². The molecule has 0 fully saturated rings. The molecule has 0 aliphatic carbocycles. The summed E-state index contributed by atoms with van der Waals surface area (Å²) in [4.78, 5) is 0. The van der Waals surface area contributed by atoms with Crippen molar-refractivity contribution in [1.82, 2.24) is 0 Å². The van der Waals surface area contributed by atoms with Crippen LogP contribution in [0.1, 0.15) is 55.6 Å². The summed E-state index contributed by atoms with van der Waals surface area (Å²) in [5, 5.41) is 6.41. The van der Waals surface area contributed by atoms with Gasteiger partial charge >= 0.3 is 0 Å². The Labute approximate surface area is 221 Å². The average Bonchev–Trinajstić information content (AvgIpc) is 2.78. The van der Waals surface area contributed by atoms with E-state index >= 15 is 0 Å². The van der Waals surface area contributed by atoms with Crippen LogP contribution in [0.25, 0.3) is 0 Å². The van der Waals surface area contributed by atoms with E-state index in [1.54, 1.807) is 20.7 Å². The molecule has 0 bridgehead atoms. The second kappa shape index (κ2) is 10.4. The SMILES string of the molecule is Cc1cc(C)c([Si](c2c(C)cc(C)cc2C)=[Si](c2cccc(C)c2C)c2cccc(C)c2C)c(C)c1. The standard InChI is InChI=1S/C34H40Si2/c1-21-17-25(5)33(26(6)18-21)36(34-27(7)19-22(2)20-28(34)8)35(31-15-11-13-23(3)29(31)9)32-16-12-14-24(4)30(32)10/h11-20H,1-10H3. The number of hydrogen-bond donors (Lipinski definition) is 0. The fourth-order valence-electron chi connectivity index (χ4n) is 5.98. The molecule has 2 heteroatoms. The second-order valence-corrected chi connectivity index (χ2v) is 17.4. The summed E-state index contributed by atoms with van der Waals surface area (Å²) < 4.78 is 0. The molecule has 184 valence electrons. The molecule has 0 saturated heterocycles. The molecule has 0 atom stereocenters. The first kappa shape index (κ1) is 26.4. The van der Waals surface area contributed by atoms with Crippen molar-refractivity contribution in [3.63, 3.8) is 0 Å². The molecule has 0 nitrogen and oxygen atoms in total. The molecule has 4 rings (SSSR count). The van der Waals surface area contributed by atoms with E-state index in [-0.39, 0.29) is 0 Å². The van der Waals surface area contributed by atoms with Crippen molar-refractivity contribution in [2.24, 2.45) is 0 Å². The Bertz CT molecular complexity index is 1360. The van der Waals surface area contributed by atoms with E-state index in [0.29, 0.717) is 0 Å².